The first-order valence-electron chi connectivity index (χ1n) is 6.93. The fourth-order valence-electron chi connectivity index (χ4n) is 2.40. The summed E-state index contributed by atoms with van der Waals surface area (Å²) in [5.74, 6) is 1.85. The number of hydrogen-bond donors (Lipinski definition) is 0. The summed E-state index contributed by atoms with van der Waals surface area (Å²) < 4.78 is 0. The molecule has 0 amide bonds. The highest BCUT2D eigenvalue weighted by Crippen LogP contribution is 2.24. The minimum Gasteiger partial charge on any atom is -0.303 e. The Hall–Kier alpha value is -0.0800. The summed E-state index contributed by atoms with van der Waals surface area (Å²) in [7, 11) is 2.23. The van der Waals surface area contributed by atoms with Gasteiger partial charge >= 0.3 is 0 Å². The lowest BCUT2D eigenvalue weighted by Gasteiger charge is -2.35. The first-order chi connectivity index (χ1) is 7.50. The molecule has 1 saturated heterocycles. The Morgan fingerprint density at radius 1 is 1.12 bits per heavy atom. The van der Waals surface area contributed by atoms with E-state index < -0.39 is 0 Å². The third-order valence-corrected chi connectivity index (χ3v) is 4.23. The molecule has 0 atom stereocenters. The van der Waals surface area contributed by atoms with E-state index in [1.807, 2.05) is 0 Å². The van der Waals surface area contributed by atoms with Gasteiger partial charge in [-0.3, -0.25) is 0 Å². The second-order valence-electron chi connectivity index (χ2n) is 6.00. The van der Waals surface area contributed by atoms with Gasteiger partial charge in [0.25, 0.3) is 0 Å². The molecule has 0 radical (unpaired) electrons. The molecule has 0 unspecified atom stereocenters. The van der Waals surface area contributed by atoms with E-state index in [9.17, 15) is 0 Å². The average molecular weight is 226 g/mol. The molecule has 96 valence electrons. The third-order valence-electron chi connectivity index (χ3n) is 4.23. The van der Waals surface area contributed by atoms with Gasteiger partial charge in [-0.05, 0) is 58.7 Å². The minimum absolute atomic E-state index is 0.674. The van der Waals surface area contributed by atoms with E-state index in [1.54, 1.807) is 0 Å². The quantitative estimate of drug-likeness (QED) is 0.711. The molecule has 1 aliphatic rings. The molecule has 2 heteroatoms. The molecular weight excluding hydrogens is 196 g/mol. The molecule has 1 fully saturated rings. The van der Waals surface area contributed by atoms with Gasteiger partial charge in [0.15, 0.2) is 0 Å². The number of likely N-dealkylation sites (N-methyl/N-ethyl adjacent to an activating group) is 1. The first kappa shape index (κ1) is 14.0. The Kier molecular flexibility index (Phi) is 5.77. The lowest BCUT2D eigenvalue weighted by Crippen LogP contribution is -2.41. The number of rotatable bonds is 5. The topological polar surface area (TPSA) is 6.48 Å². The zero-order chi connectivity index (χ0) is 12.1. The summed E-state index contributed by atoms with van der Waals surface area (Å²) in [6.45, 7) is 14.4. The van der Waals surface area contributed by atoms with Gasteiger partial charge in [0.2, 0.25) is 0 Å². The van der Waals surface area contributed by atoms with Crippen LogP contribution in [0.1, 0.15) is 40.5 Å². The summed E-state index contributed by atoms with van der Waals surface area (Å²) in [6.07, 6.45) is 2.81. The standard InChI is InChI=1S/C14H30N2/c1-12(2)14-6-8-16(9-7-14)11-10-15(5)13(3)4/h12-14H,6-11H2,1-5H3. The van der Waals surface area contributed by atoms with Gasteiger partial charge in [-0.25, -0.2) is 0 Å². The maximum atomic E-state index is 2.64. The number of hydrogen-bond acceptors (Lipinski definition) is 2. The molecule has 1 rings (SSSR count). The summed E-state index contributed by atoms with van der Waals surface area (Å²) >= 11 is 0. The van der Waals surface area contributed by atoms with Crippen molar-refractivity contribution >= 4 is 0 Å². The van der Waals surface area contributed by atoms with E-state index >= 15 is 0 Å². The van der Waals surface area contributed by atoms with Gasteiger partial charge < -0.3 is 9.80 Å². The summed E-state index contributed by atoms with van der Waals surface area (Å²) in [5.41, 5.74) is 0. The normalized spacial score (nSPS) is 20.2. The Labute approximate surface area is 102 Å². The van der Waals surface area contributed by atoms with Crippen LogP contribution < -0.4 is 0 Å². The molecule has 0 bridgehead atoms. The molecule has 0 aromatic rings. The Bertz CT molecular complexity index is 181. The van der Waals surface area contributed by atoms with Crippen LogP contribution in [0.3, 0.4) is 0 Å². The largest absolute Gasteiger partial charge is 0.303 e. The molecule has 1 heterocycles. The fourth-order valence-corrected chi connectivity index (χ4v) is 2.40. The predicted molar refractivity (Wildman–Crippen MR) is 71.8 cm³/mol. The monoisotopic (exact) mass is 226 g/mol. The van der Waals surface area contributed by atoms with Crippen molar-refractivity contribution in [2.45, 2.75) is 46.6 Å². The molecule has 0 saturated carbocycles. The summed E-state index contributed by atoms with van der Waals surface area (Å²) in [6, 6.07) is 0.674. The smallest absolute Gasteiger partial charge is 0.0109 e. The molecule has 0 aromatic heterocycles. The van der Waals surface area contributed by atoms with E-state index in [-0.39, 0.29) is 0 Å². The molecule has 16 heavy (non-hydrogen) atoms. The van der Waals surface area contributed by atoms with Gasteiger partial charge in [0.1, 0.15) is 0 Å². The van der Waals surface area contributed by atoms with Gasteiger partial charge in [-0.1, -0.05) is 13.8 Å². The van der Waals surface area contributed by atoms with Crippen LogP contribution in [0, 0.1) is 11.8 Å². The van der Waals surface area contributed by atoms with Crippen molar-refractivity contribution in [3.63, 3.8) is 0 Å². The van der Waals surface area contributed by atoms with Gasteiger partial charge in [-0.2, -0.15) is 0 Å². The summed E-state index contributed by atoms with van der Waals surface area (Å²) in [5, 5.41) is 0. The van der Waals surface area contributed by atoms with Crippen LogP contribution in [0.4, 0.5) is 0 Å². The maximum Gasteiger partial charge on any atom is 0.0109 e. The molecule has 0 N–H and O–H groups in total. The van der Waals surface area contributed by atoms with Crippen molar-refractivity contribution in [3.8, 4) is 0 Å². The van der Waals surface area contributed by atoms with Crippen molar-refractivity contribution in [2.24, 2.45) is 11.8 Å². The van der Waals surface area contributed by atoms with Crippen LogP contribution in [0.5, 0.6) is 0 Å². The third kappa shape index (κ3) is 4.42. The highest BCUT2D eigenvalue weighted by molar-refractivity contribution is 4.75. The van der Waals surface area contributed by atoms with Gasteiger partial charge in [0, 0.05) is 19.1 Å². The molecule has 0 aliphatic carbocycles. The van der Waals surface area contributed by atoms with E-state index in [2.05, 4.69) is 44.5 Å². The number of piperidine rings is 1. The second-order valence-corrected chi connectivity index (χ2v) is 6.00. The predicted octanol–water partition coefficient (Wildman–Crippen LogP) is 2.69. The second kappa shape index (κ2) is 6.61. The molecule has 0 aromatic carbocycles. The van der Waals surface area contributed by atoms with Crippen LogP contribution >= 0.6 is 0 Å². The Morgan fingerprint density at radius 2 is 1.69 bits per heavy atom. The van der Waals surface area contributed by atoms with E-state index in [1.165, 1.54) is 39.0 Å². The highest BCUT2D eigenvalue weighted by atomic mass is 15.2. The van der Waals surface area contributed by atoms with Crippen molar-refractivity contribution in [1.82, 2.24) is 9.80 Å². The van der Waals surface area contributed by atoms with Crippen molar-refractivity contribution in [1.29, 1.82) is 0 Å². The van der Waals surface area contributed by atoms with Crippen LogP contribution in [0.2, 0.25) is 0 Å². The van der Waals surface area contributed by atoms with E-state index in [4.69, 9.17) is 0 Å². The van der Waals surface area contributed by atoms with Crippen LogP contribution in [0.25, 0.3) is 0 Å². The van der Waals surface area contributed by atoms with Crippen LogP contribution in [-0.2, 0) is 0 Å². The van der Waals surface area contributed by atoms with Gasteiger partial charge in [-0.15, -0.1) is 0 Å². The number of nitrogens with zero attached hydrogens (tertiary/aromatic N) is 2. The number of likely N-dealkylation sites (tertiary alicyclic amines) is 1. The zero-order valence-electron chi connectivity index (χ0n) is 11.9. The van der Waals surface area contributed by atoms with Gasteiger partial charge in [0.05, 0.1) is 0 Å². The van der Waals surface area contributed by atoms with E-state index in [0.717, 1.165) is 11.8 Å². The maximum absolute atomic E-state index is 2.64. The minimum atomic E-state index is 0.674. The molecule has 2 nitrogen and oxygen atoms in total. The SMILES string of the molecule is CC(C)C1CCN(CCN(C)C(C)C)CC1. The molecule has 0 spiro atoms. The Morgan fingerprint density at radius 3 is 2.12 bits per heavy atom. The van der Waals surface area contributed by atoms with Crippen molar-refractivity contribution < 1.29 is 0 Å². The fraction of sp³-hybridized carbons (Fsp3) is 1.00. The summed E-state index contributed by atoms with van der Waals surface area (Å²) in [4.78, 5) is 5.08. The van der Waals surface area contributed by atoms with Crippen molar-refractivity contribution in [2.75, 3.05) is 33.2 Å². The first-order valence-corrected chi connectivity index (χ1v) is 6.93. The van der Waals surface area contributed by atoms with Crippen LogP contribution in [0.15, 0.2) is 0 Å². The lowest BCUT2D eigenvalue weighted by atomic mass is 9.87. The zero-order valence-corrected chi connectivity index (χ0v) is 11.9. The van der Waals surface area contributed by atoms with Crippen LogP contribution in [-0.4, -0.2) is 49.1 Å². The Balaban J connectivity index is 2.17. The molecule has 1 aliphatic heterocycles. The highest BCUT2D eigenvalue weighted by Gasteiger charge is 2.21. The molecular formula is C14H30N2. The van der Waals surface area contributed by atoms with E-state index in [0.29, 0.717) is 6.04 Å². The lowest BCUT2D eigenvalue weighted by molar-refractivity contribution is 0.137. The van der Waals surface area contributed by atoms with Crippen molar-refractivity contribution in [3.05, 3.63) is 0 Å². The average Bonchev–Trinajstić information content (AvgIpc) is 2.26.